The predicted molar refractivity (Wildman–Crippen MR) is 42.4 cm³/mol. The van der Waals surface area contributed by atoms with Gasteiger partial charge in [-0.05, 0) is 6.08 Å². The van der Waals surface area contributed by atoms with Gasteiger partial charge in [0, 0.05) is 6.21 Å². The standard InChI is InChI=1S/C4H5N.C4H8.W/c1-2-4-5-3-1;1-3-4-2;/h1-3H,4H2;1-4H2;/q;-2;+2. The number of unbranched alkanes of at least 4 members (excludes halogenated alkanes) is 1. The minimum atomic E-state index is 0. The molecule has 0 aliphatic carbocycles. The second-order valence-corrected chi connectivity index (χ2v) is 1.65. The summed E-state index contributed by atoms with van der Waals surface area (Å²) in [6, 6.07) is 0. The van der Waals surface area contributed by atoms with Gasteiger partial charge in [0.05, 0.1) is 6.54 Å². The van der Waals surface area contributed by atoms with Crippen molar-refractivity contribution >= 4 is 6.21 Å². The molecule has 0 atom stereocenters. The van der Waals surface area contributed by atoms with Crippen molar-refractivity contribution < 1.29 is 21.1 Å². The van der Waals surface area contributed by atoms with Crippen molar-refractivity contribution in [1.29, 1.82) is 0 Å². The summed E-state index contributed by atoms with van der Waals surface area (Å²) in [5, 5.41) is 0. The summed E-state index contributed by atoms with van der Waals surface area (Å²) in [6.07, 6.45) is 7.68. The molecule has 0 radical (unpaired) electrons. The number of hydrogen-bond acceptors (Lipinski definition) is 1. The zero-order valence-corrected chi connectivity index (χ0v) is 9.06. The van der Waals surface area contributed by atoms with Gasteiger partial charge < -0.3 is 13.8 Å². The van der Waals surface area contributed by atoms with Gasteiger partial charge in [0.2, 0.25) is 0 Å². The van der Waals surface area contributed by atoms with Crippen LogP contribution in [0.3, 0.4) is 0 Å². The molecule has 1 aliphatic heterocycles. The minimum absolute atomic E-state index is 0. The molecule has 1 heterocycles. The van der Waals surface area contributed by atoms with E-state index in [2.05, 4.69) is 18.8 Å². The third-order valence-electron chi connectivity index (χ3n) is 0.788. The van der Waals surface area contributed by atoms with Gasteiger partial charge >= 0.3 is 21.1 Å². The van der Waals surface area contributed by atoms with E-state index in [1.807, 2.05) is 12.2 Å². The maximum Gasteiger partial charge on any atom is 2.00 e. The van der Waals surface area contributed by atoms with Gasteiger partial charge in [-0.25, -0.2) is 12.8 Å². The Morgan fingerprint density at radius 1 is 1.30 bits per heavy atom. The Bertz CT molecular complexity index is 85.4. The van der Waals surface area contributed by atoms with E-state index in [1.54, 1.807) is 6.21 Å². The molecule has 0 unspecified atom stereocenters. The number of allylic oxidation sites excluding steroid dienone is 1. The van der Waals surface area contributed by atoms with Gasteiger partial charge in [-0.2, -0.15) is 0 Å². The van der Waals surface area contributed by atoms with Gasteiger partial charge in [0.1, 0.15) is 0 Å². The van der Waals surface area contributed by atoms with Gasteiger partial charge in [0.15, 0.2) is 0 Å². The number of rotatable bonds is 1. The molecule has 0 aromatic rings. The Balaban J connectivity index is 0. The van der Waals surface area contributed by atoms with Gasteiger partial charge in [0.25, 0.3) is 0 Å². The van der Waals surface area contributed by atoms with Gasteiger partial charge in [-0.3, -0.25) is 4.99 Å². The van der Waals surface area contributed by atoms with Crippen molar-refractivity contribution in [2.75, 3.05) is 6.54 Å². The third-order valence-corrected chi connectivity index (χ3v) is 0.788. The second-order valence-electron chi connectivity index (χ2n) is 1.65. The van der Waals surface area contributed by atoms with Crippen LogP contribution >= 0.6 is 0 Å². The summed E-state index contributed by atoms with van der Waals surface area (Å²) in [4.78, 5) is 3.85. The summed E-state index contributed by atoms with van der Waals surface area (Å²) < 4.78 is 0. The molecule has 0 aromatic carbocycles. The van der Waals surface area contributed by atoms with Crippen molar-refractivity contribution in [2.45, 2.75) is 12.8 Å². The molecule has 1 rings (SSSR count). The fourth-order valence-electron chi connectivity index (χ4n) is 0.304. The van der Waals surface area contributed by atoms with Crippen LogP contribution < -0.4 is 0 Å². The number of nitrogens with zero attached hydrogens (tertiary/aromatic N) is 1. The fraction of sp³-hybridized carbons (Fsp3) is 0.375. The summed E-state index contributed by atoms with van der Waals surface area (Å²) in [6.45, 7) is 7.97. The van der Waals surface area contributed by atoms with E-state index in [1.165, 1.54) is 0 Å². The van der Waals surface area contributed by atoms with Crippen LogP contribution in [0.15, 0.2) is 17.1 Å². The maximum absolute atomic E-state index is 3.85. The van der Waals surface area contributed by atoms with Crippen LogP contribution in [0.1, 0.15) is 12.8 Å². The van der Waals surface area contributed by atoms with E-state index in [9.17, 15) is 0 Å². The Morgan fingerprint density at radius 3 is 2.00 bits per heavy atom. The minimum Gasteiger partial charge on any atom is -0.346 e. The van der Waals surface area contributed by atoms with Crippen molar-refractivity contribution in [2.24, 2.45) is 4.99 Å². The molecule has 0 amide bonds. The first-order valence-corrected chi connectivity index (χ1v) is 3.15. The molecule has 0 fully saturated rings. The fourth-order valence-corrected chi connectivity index (χ4v) is 0.304. The van der Waals surface area contributed by atoms with Crippen LogP contribution in [0, 0.1) is 13.8 Å². The van der Waals surface area contributed by atoms with Crippen molar-refractivity contribution in [3.63, 3.8) is 0 Å². The first-order valence-electron chi connectivity index (χ1n) is 3.15. The Hall–Kier alpha value is 0.0983. The van der Waals surface area contributed by atoms with Crippen molar-refractivity contribution in [1.82, 2.24) is 0 Å². The summed E-state index contributed by atoms with van der Waals surface area (Å²) in [5.41, 5.74) is 0. The summed E-state index contributed by atoms with van der Waals surface area (Å²) in [7, 11) is 0. The molecular formula is C8H13NW. The van der Waals surface area contributed by atoms with Crippen LogP contribution in [-0.2, 0) is 21.1 Å². The topological polar surface area (TPSA) is 12.4 Å². The molecular weight excluding hydrogens is 294 g/mol. The zero-order chi connectivity index (χ0) is 6.95. The monoisotopic (exact) mass is 307 g/mol. The average Bonchev–Trinajstić information content (AvgIpc) is 2.43. The quantitative estimate of drug-likeness (QED) is 0.658. The maximum atomic E-state index is 3.85. The van der Waals surface area contributed by atoms with E-state index < -0.39 is 0 Å². The van der Waals surface area contributed by atoms with Gasteiger partial charge in [-0.15, -0.1) is 0 Å². The van der Waals surface area contributed by atoms with E-state index >= 15 is 0 Å². The van der Waals surface area contributed by atoms with Crippen molar-refractivity contribution in [3.8, 4) is 0 Å². The molecule has 0 N–H and O–H groups in total. The van der Waals surface area contributed by atoms with E-state index in [4.69, 9.17) is 0 Å². The SMILES string of the molecule is C1=CCN=C1.[CH2-]CC[CH2-].[W+2]. The van der Waals surface area contributed by atoms with E-state index in [-0.39, 0.29) is 21.1 Å². The molecule has 10 heavy (non-hydrogen) atoms. The van der Waals surface area contributed by atoms with Crippen LogP contribution in [-0.4, -0.2) is 12.8 Å². The Morgan fingerprint density at radius 2 is 1.90 bits per heavy atom. The van der Waals surface area contributed by atoms with Crippen molar-refractivity contribution in [3.05, 3.63) is 26.0 Å². The van der Waals surface area contributed by atoms with E-state index in [0.717, 1.165) is 19.4 Å². The average molecular weight is 307 g/mol. The van der Waals surface area contributed by atoms with Crippen LogP contribution in [0.4, 0.5) is 0 Å². The molecule has 1 aliphatic rings. The van der Waals surface area contributed by atoms with Crippen LogP contribution in [0.25, 0.3) is 0 Å². The van der Waals surface area contributed by atoms with E-state index in [0.29, 0.717) is 0 Å². The molecule has 0 saturated carbocycles. The first kappa shape index (κ1) is 12.7. The summed E-state index contributed by atoms with van der Waals surface area (Å²) in [5.74, 6) is 0. The molecule has 0 spiro atoms. The zero-order valence-electron chi connectivity index (χ0n) is 6.12. The number of aliphatic imine (C=N–C) groups is 1. The molecule has 56 valence electrons. The molecule has 1 nitrogen and oxygen atoms in total. The molecule has 0 saturated heterocycles. The Labute approximate surface area is 77.9 Å². The normalized spacial score (nSPS) is 11.8. The van der Waals surface area contributed by atoms with Crippen LogP contribution in [0.5, 0.6) is 0 Å². The third kappa shape index (κ3) is 11.0. The molecule has 0 aromatic heterocycles. The smallest absolute Gasteiger partial charge is 0.346 e. The molecule has 2 heteroatoms. The second kappa shape index (κ2) is 11.8. The van der Waals surface area contributed by atoms with Crippen LogP contribution in [0.2, 0.25) is 0 Å². The predicted octanol–water partition coefficient (Wildman–Crippen LogP) is 2.06. The Kier molecular flexibility index (Phi) is 15.1. The van der Waals surface area contributed by atoms with Gasteiger partial charge in [-0.1, -0.05) is 6.08 Å². The first-order chi connectivity index (χ1) is 4.41. The summed E-state index contributed by atoms with van der Waals surface area (Å²) >= 11 is 0. The molecule has 0 bridgehead atoms. The number of hydrogen-bond donors (Lipinski definition) is 0. The largest absolute Gasteiger partial charge is 2.00 e.